The molecule has 0 unspecified atom stereocenters. The number of rotatable bonds is 10. The van der Waals surface area contributed by atoms with Gasteiger partial charge in [-0.1, -0.05) is 18.2 Å². The zero-order chi connectivity index (χ0) is 21.9. The van der Waals surface area contributed by atoms with Crippen LogP contribution in [0.2, 0.25) is 0 Å². The van der Waals surface area contributed by atoms with Gasteiger partial charge in [-0.25, -0.2) is 4.79 Å². The number of hydrogen-bond acceptors (Lipinski definition) is 6. The molecular formula is C21H21F2NO6. The predicted octanol–water partition coefficient (Wildman–Crippen LogP) is 3.89. The highest BCUT2D eigenvalue weighted by atomic mass is 19.3. The van der Waals surface area contributed by atoms with Crippen molar-refractivity contribution >= 4 is 23.6 Å². The van der Waals surface area contributed by atoms with Crippen LogP contribution in [0.25, 0.3) is 6.08 Å². The summed E-state index contributed by atoms with van der Waals surface area (Å²) < 4.78 is 44.3. The fourth-order valence-electron chi connectivity index (χ4n) is 2.37. The van der Waals surface area contributed by atoms with Crippen molar-refractivity contribution in [3.8, 4) is 17.2 Å². The molecule has 1 amide bonds. The lowest BCUT2D eigenvalue weighted by atomic mass is 10.2. The van der Waals surface area contributed by atoms with E-state index in [1.54, 1.807) is 24.3 Å². The monoisotopic (exact) mass is 421 g/mol. The van der Waals surface area contributed by atoms with Crippen LogP contribution in [0.15, 0.2) is 48.5 Å². The first kappa shape index (κ1) is 22.7. The number of benzene rings is 2. The Morgan fingerprint density at radius 2 is 1.87 bits per heavy atom. The summed E-state index contributed by atoms with van der Waals surface area (Å²) in [6, 6.07) is 11.0. The largest absolute Gasteiger partial charge is 0.493 e. The first-order valence-electron chi connectivity index (χ1n) is 8.92. The molecule has 0 saturated carbocycles. The van der Waals surface area contributed by atoms with Gasteiger partial charge in [0.25, 0.3) is 5.91 Å². The van der Waals surface area contributed by atoms with E-state index in [0.29, 0.717) is 23.6 Å². The summed E-state index contributed by atoms with van der Waals surface area (Å²) in [4.78, 5) is 23.8. The number of esters is 1. The van der Waals surface area contributed by atoms with Crippen LogP contribution in [0.5, 0.6) is 17.2 Å². The van der Waals surface area contributed by atoms with E-state index in [4.69, 9.17) is 14.2 Å². The summed E-state index contributed by atoms with van der Waals surface area (Å²) in [7, 11) is 1.30. The summed E-state index contributed by atoms with van der Waals surface area (Å²) in [5.74, 6) is -0.823. The summed E-state index contributed by atoms with van der Waals surface area (Å²) in [6.07, 6.45) is 2.49. The van der Waals surface area contributed by atoms with Crippen molar-refractivity contribution in [3.63, 3.8) is 0 Å². The minimum atomic E-state index is -2.98. The number of halogens is 2. The number of nitrogens with one attached hydrogen (secondary N) is 1. The van der Waals surface area contributed by atoms with Crippen molar-refractivity contribution in [2.75, 3.05) is 25.6 Å². The van der Waals surface area contributed by atoms with Crippen LogP contribution in [0, 0.1) is 0 Å². The Labute approximate surface area is 172 Å². The van der Waals surface area contributed by atoms with E-state index in [9.17, 15) is 18.4 Å². The maximum Gasteiger partial charge on any atom is 0.387 e. The average Bonchev–Trinajstić information content (AvgIpc) is 2.72. The third-order valence-electron chi connectivity index (χ3n) is 3.62. The molecule has 0 bridgehead atoms. The minimum absolute atomic E-state index is 0.0816. The molecule has 0 spiro atoms. The lowest BCUT2D eigenvalue weighted by Crippen LogP contribution is -2.20. The number of methoxy groups -OCH3 is 1. The molecule has 0 atom stereocenters. The van der Waals surface area contributed by atoms with Gasteiger partial charge in [-0.15, -0.1) is 0 Å². The summed E-state index contributed by atoms with van der Waals surface area (Å²) in [6.45, 7) is -1.22. The maximum atomic E-state index is 12.3. The fraction of sp³-hybridized carbons (Fsp3) is 0.238. The number of ether oxygens (including phenoxy) is 4. The molecule has 160 valence electrons. The SMILES string of the molecule is CCOc1ccccc1NC(=O)COC(=O)C=Cc1ccc(OC(F)F)c(OC)c1. The number of carbonyl (C=O) groups is 2. The molecule has 0 heterocycles. The van der Waals surface area contributed by atoms with Gasteiger partial charge >= 0.3 is 12.6 Å². The van der Waals surface area contributed by atoms with Gasteiger partial charge in [0.2, 0.25) is 0 Å². The van der Waals surface area contributed by atoms with Gasteiger partial charge in [-0.05, 0) is 42.8 Å². The van der Waals surface area contributed by atoms with E-state index in [1.807, 2.05) is 6.92 Å². The normalized spacial score (nSPS) is 10.7. The van der Waals surface area contributed by atoms with Crippen LogP contribution in [0.4, 0.5) is 14.5 Å². The van der Waals surface area contributed by atoms with Crippen LogP contribution in [-0.4, -0.2) is 38.8 Å². The van der Waals surface area contributed by atoms with E-state index in [-0.39, 0.29) is 11.5 Å². The summed E-state index contributed by atoms with van der Waals surface area (Å²) in [5.41, 5.74) is 0.953. The Bertz CT molecular complexity index is 901. The molecule has 0 aliphatic rings. The number of para-hydroxylation sites is 2. The molecule has 7 nitrogen and oxygen atoms in total. The lowest BCUT2D eigenvalue weighted by Gasteiger charge is -2.11. The van der Waals surface area contributed by atoms with E-state index < -0.39 is 25.1 Å². The van der Waals surface area contributed by atoms with Crippen LogP contribution in [-0.2, 0) is 14.3 Å². The van der Waals surface area contributed by atoms with Crippen molar-refractivity contribution in [2.45, 2.75) is 13.5 Å². The zero-order valence-corrected chi connectivity index (χ0v) is 16.4. The average molecular weight is 421 g/mol. The number of anilines is 1. The first-order valence-corrected chi connectivity index (χ1v) is 8.92. The standard InChI is InChI=1S/C21H21F2NO6/c1-3-28-16-7-5-4-6-15(16)24-19(25)13-29-20(26)11-9-14-8-10-17(30-21(22)23)18(12-14)27-2/h4-12,21H,3,13H2,1-2H3,(H,24,25). The van der Waals surface area contributed by atoms with E-state index in [2.05, 4.69) is 10.1 Å². The number of hydrogen-bond donors (Lipinski definition) is 1. The topological polar surface area (TPSA) is 83.1 Å². The second-order valence-corrected chi connectivity index (χ2v) is 5.71. The van der Waals surface area contributed by atoms with Crippen molar-refractivity contribution in [3.05, 3.63) is 54.1 Å². The summed E-state index contributed by atoms with van der Waals surface area (Å²) in [5, 5.41) is 2.60. The molecule has 0 radical (unpaired) electrons. The minimum Gasteiger partial charge on any atom is -0.493 e. The van der Waals surface area contributed by atoms with Gasteiger partial charge in [0.05, 0.1) is 19.4 Å². The van der Waals surface area contributed by atoms with Gasteiger partial charge in [0.15, 0.2) is 18.1 Å². The molecule has 0 saturated heterocycles. The molecule has 2 aromatic carbocycles. The molecule has 0 aliphatic heterocycles. The fourth-order valence-corrected chi connectivity index (χ4v) is 2.37. The van der Waals surface area contributed by atoms with E-state index in [0.717, 1.165) is 6.08 Å². The van der Waals surface area contributed by atoms with Gasteiger partial charge in [0, 0.05) is 6.08 Å². The highest BCUT2D eigenvalue weighted by molar-refractivity contribution is 5.95. The second-order valence-electron chi connectivity index (χ2n) is 5.71. The Hall–Kier alpha value is -3.62. The highest BCUT2D eigenvalue weighted by Crippen LogP contribution is 2.29. The zero-order valence-electron chi connectivity index (χ0n) is 16.4. The van der Waals surface area contributed by atoms with Crippen molar-refractivity contribution in [2.24, 2.45) is 0 Å². The van der Waals surface area contributed by atoms with Crippen molar-refractivity contribution in [1.82, 2.24) is 0 Å². The molecule has 2 rings (SSSR count). The third-order valence-corrected chi connectivity index (χ3v) is 3.62. The van der Waals surface area contributed by atoms with Crippen LogP contribution in [0.3, 0.4) is 0 Å². The molecular weight excluding hydrogens is 400 g/mol. The van der Waals surface area contributed by atoms with Gasteiger partial charge in [-0.3, -0.25) is 4.79 Å². The van der Waals surface area contributed by atoms with Gasteiger partial charge in [-0.2, -0.15) is 8.78 Å². The number of carbonyl (C=O) groups excluding carboxylic acids is 2. The smallest absolute Gasteiger partial charge is 0.387 e. The van der Waals surface area contributed by atoms with Crippen molar-refractivity contribution in [1.29, 1.82) is 0 Å². The van der Waals surface area contributed by atoms with E-state index >= 15 is 0 Å². The van der Waals surface area contributed by atoms with Crippen LogP contribution in [0.1, 0.15) is 12.5 Å². The molecule has 1 N–H and O–H groups in total. The Kier molecular flexibility index (Phi) is 8.61. The van der Waals surface area contributed by atoms with Crippen molar-refractivity contribution < 1.29 is 37.3 Å². The quantitative estimate of drug-likeness (QED) is 0.463. The molecule has 0 fully saturated rings. The highest BCUT2D eigenvalue weighted by Gasteiger charge is 2.11. The number of alkyl halides is 2. The summed E-state index contributed by atoms with van der Waals surface area (Å²) >= 11 is 0. The van der Waals surface area contributed by atoms with Gasteiger partial charge in [0.1, 0.15) is 5.75 Å². The molecule has 2 aromatic rings. The maximum absolute atomic E-state index is 12.3. The number of amides is 1. The molecule has 30 heavy (non-hydrogen) atoms. The van der Waals surface area contributed by atoms with Gasteiger partial charge < -0.3 is 24.3 Å². The Balaban J connectivity index is 1.90. The third kappa shape index (κ3) is 7.08. The van der Waals surface area contributed by atoms with Crippen LogP contribution < -0.4 is 19.5 Å². The van der Waals surface area contributed by atoms with E-state index in [1.165, 1.54) is 31.4 Å². The second kappa shape index (κ2) is 11.4. The Morgan fingerprint density at radius 1 is 1.10 bits per heavy atom. The molecule has 0 aliphatic carbocycles. The molecule has 9 heteroatoms. The Morgan fingerprint density at radius 3 is 2.57 bits per heavy atom. The predicted molar refractivity (Wildman–Crippen MR) is 106 cm³/mol. The van der Waals surface area contributed by atoms with Crippen LogP contribution >= 0.6 is 0 Å². The lowest BCUT2D eigenvalue weighted by molar-refractivity contribution is -0.142. The molecule has 0 aromatic heterocycles. The first-order chi connectivity index (χ1) is 14.4.